The summed E-state index contributed by atoms with van der Waals surface area (Å²) in [6, 6.07) is 0. The van der Waals surface area contributed by atoms with Gasteiger partial charge < -0.3 is 17.6 Å². The van der Waals surface area contributed by atoms with Gasteiger partial charge >= 0.3 is 11.8 Å². The monoisotopic (exact) mass is 105 g/mol. The van der Waals surface area contributed by atoms with Crippen LogP contribution in [0.3, 0.4) is 0 Å². The molecule has 0 aliphatic rings. The minimum Gasteiger partial charge on any atom is -0.361 e. The van der Waals surface area contributed by atoms with Crippen LogP contribution in [0.15, 0.2) is 0 Å². The lowest BCUT2D eigenvalue weighted by molar-refractivity contribution is -0.135. The number of hydrogen-bond donors (Lipinski definition) is 3. The van der Waals surface area contributed by atoms with Gasteiger partial charge in [-0.15, -0.1) is 0 Å². The standard InChI is InChI=1S/C2H4N2O2.H3N/c3-1(5)2(4)6;/h(H2,3,5)(H2,4,6);1H3. The van der Waals surface area contributed by atoms with Crippen LogP contribution in [0.2, 0.25) is 0 Å². The van der Waals surface area contributed by atoms with E-state index in [9.17, 15) is 9.59 Å². The number of amides is 2. The molecule has 2 amide bonds. The summed E-state index contributed by atoms with van der Waals surface area (Å²) >= 11 is 0. The van der Waals surface area contributed by atoms with Crippen molar-refractivity contribution >= 4 is 11.8 Å². The molecule has 5 heteroatoms. The summed E-state index contributed by atoms with van der Waals surface area (Å²) in [7, 11) is 0. The zero-order valence-corrected chi connectivity index (χ0v) is 3.68. The molecule has 0 bridgehead atoms. The summed E-state index contributed by atoms with van der Waals surface area (Å²) < 4.78 is 0. The largest absolute Gasteiger partial charge is 0.361 e. The van der Waals surface area contributed by atoms with E-state index in [0.717, 1.165) is 0 Å². The molecule has 0 saturated carbocycles. The Morgan fingerprint density at radius 1 is 1.00 bits per heavy atom. The fourth-order valence-corrected chi connectivity index (χ4v) is 0. The first-order valence-electron chi connectivity index (χ1n) is 1.24. The van der Waals surface area contributed by atoms with Crippen molar-refractivity contribution in [2.24, 2.45) is 11.5 Å². The van der Waals surface area contributed by atoms with Gasteiger partial charge in [-0.05, 0) is 0 Å². The molecule has 0 radical (unpaired) electrons. The van der Waals surface area contributed by atoms with Crippen LogP contribution in [0.5, 0.6) is 0 Å². The third kappa shape index (κ3) is 4.90. The second kappa shape index (κ2) is 3.10. The molecule has 0 aliphatic heterocycles. The molecule has 0 heterocycles. The Morgan fingerprint density at radius 3 is 1.14 bits per heavy atom. The maximum Gasteiger partial charge on any atom is 0.306 e. The lowest BCUT2D eigenvalue weighted by Crippen LogP contribution is -2.29. The van der Waals surface area contributed by atoms with Gasteiger partial charge in [0.1, 0.15) is 0 Å². The van der Waals surface area contributed by atoms with E-state index in [1.54, 1.807) is 0 Å². The van der Waals surface area contributed by atoms with Gasteiger partial charge in [0.05, 0.1) is 0 Å². The highest BCUT2D eigenvalue weighted by Gasteiger charge is 1.96. The Kier molecular flexibility index (Phi) is 4.13. The summed E-state index contributed by atoms with van der Waals surface area (Å²) in [5.74, 6) is -2.20. The van der Waals surface area contributed by atoms with Crippen LogP contribution in [0.25, 0.3) is 0 Å². The number of hydrogen-bond acceptors (Lipinski definition) is 3. The van der Waals surface area contributed by atoms with E-state index in [1.807, 2.05) is 0 Å². The SMILES string of the molecule is N.NC(=O)C(N)=O. The van der Waals surface area contributed by atoms with Crippen molar-refractivity contribution in [3.05, 3.63) is 0 Å². The molecular formula is C2H7N3O2. The third-order valence-corrected chi connectivity index (χ3v) is 0.243. The van der Waals surface area contributed by atoms with Crippen molar-refractivity contribution < 1.29 is 9.59 Å². The van der Waals surface area contributed by atoms with Crippen molar-refractivity contribution in [1.29, 1.82) is 0 Å². The molecule has 0 aromatic carbocycles. The van der Waals surface area contributed by atoms with E-state index in [0.29, 0.717) is 0 Å². The van der Waals surface area contributed by atoms with Crippen molar-refractivity contribution in [3.63, 3.8) is 0 Å². The molecule has 0 unspecified atom stereocenters. The second-order valence-electron chi connectivity index (χ2n) is 0.729. The predicted octanol–water partition coefficient (Wildman–Crippen LogP) is -1.88. The van der Waals surface area contributed by atoms with Crippen LogP contribution in [0.4, 0.5) is 0 Å². The average Bonchev–Trinajstić information content (AvgIpc) is 1.36. The smallest absolute Gasteiger partial charge is 0.306 e. The number of nitrogens with two attached hydrogens (primary N) is 2. The van der Waals surface area contributed by atoms with Gasteiger partial charge in [0.25, 0.3) is 0 Å². The van der Waals surface area contributed by atoms with Crippen molar-refractivity contribution in [3.8, 4) is 0 Å². The van der Waals surface area contributed by atoms with Crippen molar-refractivity contribution in [2.45, 2.75) is 0 Å². The van der Waals surface area contributed by atoms with E-state index >= 15 is 0 Å². The molecule has 0 rings (SSSR count). The van der Waals surface area contributed by atoms with Crippen LogP contribution in [0, 0.1) is 0 Å². The Hall–Kier alpha value is -1.10. The molecule has 0 aromatic heterocycles. The van der Waals surface area contributed by atoms with Crippen LogP contribution in [0.1, 0.15) is 0 Å². The van der Waals surface area contributed by atoms with Crippen LogP contribution < -0.4 is 17.6 Å². The molecule has 0 atom stereocenters. The topological polar surface area (TPSA) is 121 Å². The highest BCUT2D eigenvalue weighted by atomic mass is 16.2. The maximum absolute atomic E-state index is 9.45. The van der Waals surface area contributed by atoms with Gasteiger partial charge in [-0.25, -0.2) is 0 Å². The van der Waals surface area contributed by atoms with Crippen molar-refractivity contribution in [1.82, 2.24) is 6.15 Å². The van der Waals surface area contributed by atoms with Crippen molar-refractivity contribution in [2.75, 3.05) is 0 Å². The first-order valence-corrected chi connectivity index (χ1v) is 1.24. The zero-order valence-electron chi connectivity index (χ0n) is 3.68. The fraction of sp³-hybridized carbons (Fsp3) is 0. The van der Waals surface area contributed by atoms with E-state index in [-0.39, 0.29) is 6.15 Å². The Labute approximate surface area is 40.2 Å². The third-order valence-electron chi connectivity index (χ3n) is 0.243. The fourth-order valence-electron chi connectivity index (χ4n) is 0. The molecule has 0 aromatic rings. The minimum atomic E-state index is -1.10. The minimum absolute atomic E-state index is 0. The maximum atomic E-state index is 9.45. The van der Waals surface area contributed by atoms with Gasteiger partial charge in [0.15, 0.2) is 0 Å². The molecule has 0 aliphatic carbocycles. The number of carbonyl (C=O) groups is 2. The normalized spacial score (nSPS) is 6.29. The summed E-state index contributed by atoms with van der Waals surface area (Å²) in [4.78, 5) is 18.9. The quantitative estimate of drug-likeness (QED) is 0.312. The highest BCUT2D eigenvalue weighted by molar-refractivity contribution is 6.33. The molecule has 0 spiro atoms. The molecule has 7 heavy (non-hydrogen) atoms. The molecule has 42 valence electrons. The molecule has 7 N–H and O–H groups in total. The summed E-state index contributed by atoms with van der Waals surface area (Å²) in [6.07, 6.45) is 0. The lowest BCUT2D eigenvalue weighted by Gasteiger charge is -1.75. The van der Waals surface area contributed by atoms with Gasteiger partial charge in [-0.2, -0.15) is 0 Å². The Morgan fingerprint density at radius 2 is 1.14 bits per heavy atom. The average molecular weight is 105 g/mol. The van der Waals surface area contributed by atoms with Crippen LogP contribution in [-0.2, 0) is 9.59 Å². The first kappa shape index (κ1) is 9.31. The molecule has 5 nitrogen and oxygen atoms in total. The van der Waals surface area contributed by atoms with Gasteiger partial charge in [0, 0.05) is 0 Å². The number of carbonyl (C=O) groups excluding carboxylic acids is 2. The lowest BCUT2D eigenvalue weighted by atomic mass is 10.6. The molecular weight excluding hydrogens is 98.0 g/mol. The summed E-state index contributed by atoms with van der Waals surface area (Å²) in [5.41, 5.74) is 8.64. The first-order chi connectivity index (χ1) is 2.64. The number of rotatable bonds is 0. The van der Waals surface area contributed by atoms with Gasteiger partial charge in [0.2, 0.25) is 0 Å². The van der Waals surface area contributed by atoms with E-state index in [2.05, 4.69) is 11.5 Å². The van der Waals surface area contributed by atoms with Crippen LogP contribution in [-0.4, -0.2) is 11.8 Å². The molecule has 0 saturated heterocycles. The van der Waals surface area contributed by atoms with E-state index in [4.69, 9.17) is 0 Å². The zero-order chi connectivity index (χ0) is 5.15. The summed E-state index contributed by atoms with van der Waals surface area (Å²) in [5, 5.41) is 0. The van der Waals surface area contributed by atoms with E-state index in [1.165, 1.54) is 0 Å². The highest BCUT2D eigenvalue weighted by Crippen LogP contribution is 1.44. The van der Waals surface area contributed by atoms with Crippen LogP contribution >= 0.6 is 0 Å². The van der Waals surface area contributed by atoms with E-state index < -0.39 is 11.8 Å². The Balaban J connectivity index is 0. The van der Waals surface area contributed by atoms with Gasteiger partial charge in [-0.3, -0.25) is 9.59 Å². The molecule has 0 fully saturated rings. The second-order valence-corrected chi connectivity index (χ2v) is 0.729. The van der Waals surface area contributed by atoms with Gasteiger partial charge in [-0.1, -0.05) is 0 Å². The summed E-state index contributed by atoms with van der Waals surface area (Å²) in [6.45, 7) is 0. The predicted molar refractivity (Wildman–Crippen MR) is 23.4 cm³/mol. The Bertz CT molecular complexity index is 76.9. The number of primary amides is 2.